The highest BCUT2D eigenvalue weighted by Crippen LogP contribution is 2.37. The molecular weight excluding hydrogens is 329 g/mol. The molecule has 0 radical (unpaired) electrons. The predicted octanol–water partition coefficient (Wildman–Crippen LogP) is 4.48. The van der Waals surface area contributed by atoms with E-state index in [1.54, 1.807) is 12.3 Å². The van der Waals surface area contributed by atoms with Gasteiger partial charge in [-0.25, -0.2) is 4.98 Å². The summed E-state index contributed by atoms with van der Waals surface area (Å²) in [7, 11) is 0. The molecule has 122 valence electrons. The van der Waals surface area contributed by atoms with Gasteiger partial charge >= 0.3 is 6.18 Å². The first kappa shape index (κ1) is 15.9. The third-order valence-electron chi connectivity index (χ3n) is 3.72. The van der Waals surface area contributed by atoms with Gasteiger partial charge in [-0.2, -0.15) is 13.2 Å². The predicted molar refractivity (Wildman–Crippen MR) is 81.7 cm³/mol. The number of rotatable bonds is 3. The molecule has 1 unspecified atom stereocenters. The molecule has 0 N–H and O–H groups in total. The van der Waals surface area contributed by atoms with Crippen molar-refractivity contribution in [2.24, 2.45) is 0 Å². The number of hydrogen-bond acceptors (Lipinski definition) is 2. The molecule has 1 aliphatic heterocycles. The number of fused-ring (bicyclic) bond motifs is 1. The first-order chi connectivity index (χ1) is 10.9. The maximum Gasteiger partial charge on any atom is 0.429 e. The van der Waals surface area contributed by atoms with Crippen LogP contribution in [0.1, 0.15) is 23.9 Å². The SMILES string of the molecule is CCc1nccn1Cc1c(Cl)ccc2c1C=CC(C(F)(F)F)O2. The Morgan fingerprint density at radius 3 is 2.83 bits per heavy atom. The van der Waals surface area contributed by atoms with Crippen molar-refractivity contribution in [3.8, 4) is 5.75 Å². The van der Waals surface area contributed by atoms with E-state index in [1.807, 2.05) is 17.7 Å². The Labute approximate surface area is 136 Å². The number of hydrogen-bond donors (Lipinski definition) is 0. The second-order valence-corrected chi connectivity index (χ2v) is 5.61. The molecule has 23 heavy (non-hydrogen) atoms. The highest BCUT2D eigenvalue weighted by atomic mass is 35.5. The van der Waals surface area contributed by atoms with Crippen LogP contribution in [0.4, 0.5) is 13.2 Å². The highest BCUT2D eigenvalue weighted by Gasteiger charge is 2.41. The summed E-state index contributed by atoms with van der Waals surface area (Å²) in [4.78, 5) is 4.24. The van der Waals surface area contributed by atoms with Crippen molar-refractivity contribution in [2.45, 2.75) is 32.2 Å². The lowest BCUT2D eigenvalue weighted by atomic mass is 10.0. The molecular formula is C16H14ClF3N2O. The Morgan fingerprint density at radius 1 is 1.35 bits per heavy atom. The van der Waals surface area contributed by atoms with Gasteiger partial charge in [-0.15, -0.1) is 0 Å². The summed E-state index contributed by atoms with van der Waals surface area (Å²) in [6.07, 6.45) is 0.339. The summed E-state index contributed by atoms with van der Waals surface area (Å²) >= 11 is 6.25. The van der Waals surface area contributed by atoms with E-state index in [1.165, 1.54) is 12.1 Å². The molecule has 3 rings (SSSR count). The number of halogens is 4. The smallest absolute Gasteiger partial charge is 0.429 e. The van der Waals surface area contributed by atoms with Gasteiger partial charge in [0.1, 0.15) is 11.6 Å². The highest BCUT2D eigenvalue weighted by molar-refractivity contribution is 6.31. The molecule has 0 spiro atoms. The minimum Gasteiger partial charge on any atom is -0.476 e. The molecule has 0 saturated heterocycles. The third kappa shape index (κ3) is 3.08. The number of alkyl halides is 3. The molecule has 0 bridgehead atoms. The summed E-state index contributed by atoms with van der Waals surface area (Å²) in [5, 5.41) is 0.484. The number of benzene rings is 1. The molecule has 1 atom stereocenters. The van der Waals surface area contributed by atoms with Crippen molar-refractivity contribution in [3.63, 3.8) is 0 Å². The number of ether oxygens (including phenoxy) is 1. The number of aromatic nitrogens is 2. The van der Waals surface area contributed by atoms with Gasteiger partial charge in [0, 0.05) is 35.0 Å². The lowest BCUT2D eigenvalue weighted by Gasteiger charge is -2.25. The van der Waals surface area contributed by atoms with Crippen molar-refractivity contribution in [1.29, 1.82) is 0 Å². The van der Waals surface area contributed by atoms with Crippen molar-refractivity contribution < 1.29 is 17.9 Å². The van der Waals surface area contributed by atoms with Gasteiger partial charge in [-0.3, -0.25) is 0 Å². The summed E-state index contributed by atoms with van der Waals surface area (Å²) in [5.74, 6) is 1.07. The standard InChI is InChI=1S/C16H14ClF3N2O/c1-2-15-21-7-8-22(15)9-11-10-3-6-14(16(18,19)20)23-13(10)5-4-12(11)17/h3-8,14H,2,9H2,1H3. The van der Waals surface area contributed by atoms with E-state index in [0.717, 1.165) is 18.3 Å². The van der Waals surface area contributed by atoms with Crippen molar-refractivity contribution in [3.05, 3.63) is 52.6 Å². The second-order valence-electron chi connectivity index (χ2n) is 5.20. The van der Waals surface area contributed by atoms with Gasteiger partial charge < -0.3 is 9.30 Å². The first-order valence-corrected chi connectivity index (χ1v) is 7.51. The largest absolute Gasteiger partial charge is 0.476 e. The monoisotopic (exact) mass is 342 g/mol. The van der Waals surface area contributed by atoms with E-state index in [9.17, 15) is 13.2 Å². The molecule has 0 aliphatic carbocycles. The minimum absolute atomic E-state index is 0.187. The number of aryl methyl sites for hydroxylation is 1. The van der Waals surface area contributed by atoms with Crippen LogP contribution in [0.3, 0.4) is 0 Å². The van der Waals surface area contributed by atoms with Crippen LogP contribution in [0.25, 0.3) is 6.08 Å². The Bertz CT molecular complexity index is 752. The van der Waals surface area contributed by atoms with Gasteiger partial charge in [-0.1, -0.05) is 24.6 Å². The third-order valence-corrected chi connectivity index (χ3v) is 4.07. The van der Waals surface area contributed by atoms with Crippen LogP contribution < -0.4 is 4.74 Å². The van der Waals surface area contributed by atoms with Crippen LogP contribution in [0, 0.1) is 0 Å². The fourth-order valence-electron chi connectivity index (χ4n) is 2.57. The molecule has 7 heteroatoms. The minimum atomic E-state index is -4.44. The Balaban J connectivity index is 1.98. The van der Waals surface area contributed by atoms with Gasteiger partial charge in [0.05, 0.1) is 6.54 Å². The van der Waals surface area contributed by atoms with Crippen molar-refractivity contribution in [1.82, 2.24) is 9.55 Å². The maximum absolute atomic E-state index is 12.8. The van der Waals surface area contributed by atoms with E-state index in [-0.39, 0.29) is 5.75 Å². The molecule has 0 amide bonds. The summed E-state index contributed by atoms with van der Waals surface area (Å²) < 4.78 is 45.4. The van der Waals surface area contributed by atoms with E-state index in [4.69, 9.17) is 16.3 Å². The molecule has 1 aromatic carbocycles. The molecule has 2 aromatic rings. The molecule has 0 fully saturated rings. The van der Waals surface area contributed by atoms with Crippen LogP contribution >= 0.6 is 11.6 Å². The number of nitrogens with zero attached hydrogens (tertiary/aromatic N) is 2. The van der Waals surface area contributed by atoms with E-state index >= 15 is 0 Å². The fraction of sp³-hybridized carbons (Fsp3) is 0.312. The zero-order valence-corrected chi connectivity index (χ0v) is 13.0. The van der Waals surface area contributed by atoms with Crippen LogP contribution in [0.15, 0.2) is 30.6 Å². The molecule has 0 saturated carbocycles. The van der Waals surface area contributed by atoms with Gasteiger partial charge in [0.25, 0.3) is 0 Å². The lowest BCUT2D eigenvalue weighted by Crippen LogP contribution is -2.34. The van der Waals surface area contributed by atoms with Crippen LogP contribution in [0.2, 0.25) is 5.02 Å². The number of imidazole rings is 1. The fourth-order valence-corrected chi connectivity index (χ4v) is 2.79. The molecule has 2 heterocycles. The average molecular weight is 343 g/mol. The van der Waals surface area contributed by atoms with E-state index < -0.39 is 12.3 Å². The van der Waals surface area contributed by atoms with Crippen molar-refractivity contribution >= 4 is 17.7 Å². The van der Waals surface area contributed by atoms with Crippen LogP contribution in [-0.4, -0.2) is 21.8 Å². The van der Waals surface area contributed by atoms with Gasteiger partial charge in [0.2, 0.25) is 6.10 Å². The Hall–Kier alpha value is -1.95. The van der Waals surface area contributed by atoms with E-state index in [0.29, 0.717) is 22.7 Å². The molecule has 3 nitrogen and oxygen atoms in total. The zero-order chi connectivity index (χ0) is 16.6. The maximum atomic E-state index is 12.8. The topological polar surface area (TPSA) is 27.1 Å². The van der Waals surface area contributed by atoms with Gasteiger partial charge in [-0.05, 0) is 18.2 Å². The summed E-state index contributed by atoms with van der Waals surface area (Å²) in [6, 6.07) is 3.03. The van der Waals surface area contributed by atoms with Gasteiger partial charge in [0.15, 0.2) is 0 Å². The van der Waals surface area contributed by atoms with E-state index in [2.05, 4.69) is 4.98 Å². The van der Waals surface area contributed by atoms with Crippen molar-refractivity contribution in [2.75, 3.05) is 0 Å². The molecule has 1 aliphatic rings. The lowest BCUT2D eigenvalue weighted by molar-refractivity contribution is -0.180. The quantitative estimate of drug-likeness (QED) is 0.822. The van der Waals surface area contributed by atoms with Crippen LogP contribution in [-0.2, 0) is 13.0 Å². The van der Waals surface area contributed by atoms with Crippen LogP contribution in [0.5, 0.6) is 5.75 Å². The summed E-state index contributed by atoms with van der Waals surface area (Å²) in [6.45, 7) is 2.41. The Morgan fingerprint density at radius 2 is 2.13 bits per heavy atom. The molecule has 1 aromatic heterocycles. The second kappa shape index (κ2) is 5.92. The Kier molecular flexibility index (Phi) is 4.10. The average Bonchev–Trinajstić information content (AvgIpc) is 2.96. The first-order valence-electron chi connectivity index (χ1n) is 7.13. The normalized spacial score (nSPS) is 17.0. The zero-order valence-electron chi connectivity index (χ0n) is 12.3. The summed E-state index contributed by atoms with van der Waals surface area (Å²) in [5.41, 5.74) is 1.29.